The van der Waals surface area contributed by atoms with Crippen molar-refractivity contribution in [2.24, 2.45) is 5.92 Å². The number of hydrogen-bond donors (Lipinski definition) is 2. The minimum absolute atomic E-state index is 0.0194. The van der Waals surface area contributed by atoms with E-state index in [2.05, 4.69) is 48.7 Å². The minimum Gasteiger partial charge on any atom is -0.467 e. The van der Waals surface area contributed by atoms with Gasteiger partial charge in [0.2, 0.25) is 5.91 Å². The lowest BCUT2D eigenvalue weighted by Gasteiger charge is -2.32. The lowest BCUT2D eigenvalue weighted by molar-refractivity contribution is -0.145. The quantitative estimate of drug-likeness (QED) is 0.176. The van der Waals surface area contributed by atoms with Crippen molar-refractivity contribution in [1.82, 2.24) is 15.5 Å². The number of methoxy groups -OCH3 is 1. The van der Waals surface area contributed by atoms with Crippen molar-refractivity contribution in [2.45, 2.75) is 64.1 Å². The second-order valence-electron chi connectivity index (χ2n) is 12.2. The van der Waals surface area contributed by atoms with Crippen LogP contribution in [0.5, 0.6) is 0 Å². The average molecular weight is 680 g/mol. The molecule has 1 heterocycles. The van der Waals surface area contributed by atoms with Gasteiger partial charge in [0.15, 0.2) is 6.10 Å². The summed E-state index contributed by atoms with van der Waals surface area (Å²) in [4.78, 5) is 41.3. The molecule has 1 aliphatic heterocycles. The number of amides is 2. The highest BCUT2D eigenvalue weighted by molar-refractivity contribution is 7.98. The molecule has 3 aromatic carbocycles. The molecule has 11 heteroatoms. The van der Waals surface area contributed by atoms with E-state index in [1.165, 1.54) is 7.11 Å². The van der Waals surface area contributed by atoms with Crippen LogP contribution in [0.1, 0.15) is 37.8 Å². The molecule has 0 unspecified atom stereocenters. The van der Waals surface area contributed by atoms with Crippen LogP contribution in [0.15, 0.2) is 72.8 Å². The Morgan fingerprint density at radius 2 is 1.71 bits per heavy atom. The normalized spacial score (nSPS) is 17.9. The molecular formula is C37H49N3O7S. The Morgan fingerprint density at radius 1 is 0.979 bits per heavy atom. The summed E-state index contributed by atoms with van der Waals surface area (Å²) in [5.74, 6) is 0.0112. The number of hydrogen-bond acceptors (Lipinski definition) is 9. The lowest BCUT2D eigenvalue weighted by atomic mass is 9.98. The Hall–Kier alpha value is -3.64. The molecule has 4 rings (SSSR count). The van der Waals surface area contributed by atoms with Crippen LogP contribution >= 0.6 is 11.8 Å². The van der Waals surface area contributed by atoms with Gasteiger partial charge in [0.1, 0.15) is 12.1 Å². The molecular weight excluding hydrogens is 630 g/mol. The fourth-order valence-corrected chi connectivity index (χ4v) is 6.21. The van der Waals surface area contributed by atoms with Crippen molar-refractivity contribution in [3.8, 4) is 0 Å². The van der Waals surface area contributed by atoms with Gasteiger partial charge in [0, 0.05) is 19.1 Å². The molecule has 0 aromatic heterocycles. The highest BCUT2D eigenvalue weighted by Gasteiger charge is 2.34. The van der Waals surface area contributed by atoms with Crippen LogP contribution in [0.2, 0.25) is 0 Å². The number of carbonyl (C=O) groups is 3. The number of alkyl carbamates (subject to hydrolysis) is 1. The minimum atomic E-state index is -0.737. The highest BCUT2D eigenvalue weighted by atomic mass is 32.2. The van der Waals surface area contributed by atoms with Crippen LogP contribution < -0.4 is 10.6 Å². The van der Waals surface area contributed by atoms with Crippen LogP contribution in [0.3, 0.4) is 0 Å². The van der Waals surface area contributed by atoms with Gasteiger partial charge in [-0.05, 0) is 46.2 Å². The standard InChI is InChI=1S/C37H49N3O7S/c1-5-26(2)32(39-37(43)47-34-25-45-24-33(34)46-23-27-12-7-6-8-13-27)21-40(20-29-16-11-15-28-14-9-10-17-30(28)29)22-35(41)38-31(18-19-48-4)36(42)44-3/h6-17,26,31-34H,5,18-25H2,1-4H3,(H,38,41)(H,39,43)/t26-,31-,32+,33-,34+/m0/s1. The number of benzene rings is 3. The van der Waals surface area contributed by atoms with E-state index in [-0.39, 0.29) is 37.1 Å². The van der Waals surface area contributed by atoms with Crippen LogP contribution in [-0.2, 0) is 41.7 Å². The van der Waals surface area contributed by atoms with Gasteiger partial charge in [-0.25, -0.2) is 9.59 Å². The molecule has 0 saturated carbocycles. The molecule has 0 aliphatic carbocycles. The number of fused-ring (bicyclic) bond motifs is 1. The number of thioether (sulfide) groups is 1. The summed E-state index contributed by atoms with van der Waals surface area (Å²) in [5.41, 5.74) is 2.08. The van der Waals surface area contributed by atoms with E-state index in [0.717, 1.165) is 28.3 Å². The molecule has 1 aliphatic rings. The summed E-state index contributed by atoms with van der Waals surface area (Å²) in [6.07, 6.45) is 1.74. The molecule has 0 radical (unpaired) electrons. The summed E-state index contributed by atoms with van der Waals surface area (Å²) >= 11 is 1.60. The van der Waals surface area contributed by atoms with Crippen LogP contribution in [0.4, 0.5) is 4.79 Å². The van der Waals surface area contributed by atoms with Crippen LogP contribution in [-0.4, -0.2) is 92.6 Å². The van der Waals surface area contributed by atoms with Crippen molar-refractivity contribution in [1.29, 1.82) is 0 Å². The molecule has 2 N–H and O–H groups in total. The average Bonchev–Trinajstić information content (AvgIpc) is 3.55. The highest BCUT2D eigenvalue weighted by Crippen LogP contribution is 2.22. The zero-order chi connectivity index (χ0) is 34.3. The fraction of sp³-hybridized carbons (Fsp3) is 0.486. The third-order valence-corrected chi connectivity index (χ3v) is 9.35. The van der Waals surface area contributed by atoms with Gasteiger partial charge in [0.05, 0.1) is 33.5 Å². The molecule has 0 bridgehead atoms. The third kappa shape index (κ3) is 11.2. The molecule has 5 atom stereocenters. The van der Waals surface area contributed by atoms with E-state index >= 15 is 0 Å². The Kier molecular flexibility index (Phi) is 15.0. The second kappa shape index (κ2) is 19.4. The monoisotopic (exact) mass is 679 g/mol. The van der Waals surface area contributed by atoms with E-state index in [0.29, 0.717) is 38.5 Å². The largest absolute Gasteiger partial charge is 0.467 e. The Balaban J connectivity index is 1.47. The first-order valence-electron chi connectivity index (χ1n) is 16.6. The first-order chi connectivity index (χ1) is 23.3. The first kappa shape index (κ1) is 37.2. The Bertz CT molecular complexity index is 1450. The summed E-state index contributed by atoms with van der Waals surface area (Å²) in [6, 6.07) is 23.0. The van der Waals surface area contributed by atoms with Crippen molar-refractivity contribution >= 4 is 40.5 Å². The maximum atomic E-state index is 13.5. The van der Waals surface area contributed by atoms with Crippen molar-refractivity contribution in [3.05, 3.63) is 83.9 Å². The van der Waals surface area contributed by atoms with Gasteiger partial charge in [-0.2, -0.15) is 11.8 Å². The van der Waals surface area contributed by atoms with Gasteiger partial charge >= 0.3 is 12.1 Å². The predicted molar refractivity (Wildman–Crippen MR) is 189 cm³/mol. The zero-order valence-corrected chi connectivity index (χ0v) is 29.2. The van der Waals surface area contributed by atoms with E-state index in [9.17, 15) is 14.4 Å². The van der Waals surface area contributed by atoms with Crippen LogP contribution in [0.25, 0.3) is 10.8 Å². The molecule has 0 spiro atoms. The smallest absolute Gasteiger partial charge is 0.407 e. The number of nitrogens with zero attached hydrogens (tertiary/aromatic N) is 1. The lowest BCUT2D eigenvalue weighted by Crippen LogP contribution is -2.51. The van der Waals surface area contributed by atoms with Crippen LogP contribution in [0, 0.1) is 5.92 Å². The molecule has 1 fully saturated rings. The predicted octanol–water partition coefficient (Wildman–Crippen LogP) is 5.18. The number of carbonyl (C=O) groups excluding carboxylic acids is 3. The molecule has 2 amide bonds. The van der Waals surface area contributed by atoms with E-state index in [1.807, 2.05) is 59.7 Å². The summed E-state index contributed by atoms with van der Waals surface area (Å²) in [6.45, 7) is 5.99. The van der Waals surface area contributed by atoms with Gasteiger partial charge in [-0.3, -0.25) is 9.69 Å². The zero-order valence-electron chi connectivity index (χ0n) is 28.4. The number of esters is 1. The third-order valence-electron chi connectivity index (χ3n) is 8.71. The van der Waals surface area contributed by atoms with Crippen molar-refractivity contribution in [3.63, 3.8) is 0 Å². The summed E-state index contributed by atoms with van der Waals surface area (Å²) < 4.78 is 22.5. The first-order valence-corrected chi connectivity index (χ1v) is 18.0. The van der Waals surface area contributed by atoms with Crippen molar-refractivity contribution in [2.75, 3.05) is 45.4 Å². The topological polar surface area (TPSA) is 115 Å². The molecule has 1 saturated heterocycles. The van der Waals surface area contributed by atoms with Gasteiger partial charge in [-0.15, -0.1) is 0 Å². The number of rotatable bonds is 18. The van der Waals surface area contributed by atoms with Gasteiger partial charge in [-0.1, -0.05) is 93.1 Å². The summed E-state index contributed by atoms with van der Waals surface area (Å²) in [5, 5.41) is 8.16. The van der Waals surface area contributed by atoms with Crippen molar-refractivity contribution < 1.29 is 33.3 Å². The second-order valence-corrected chi connectivity index (χ2v) is 13.2. The molecule has 3 aromatic rings. The van der Waals surface area contributed by atoms with Gasteiger partial charge < -0.3 is 29.6 Å². The summed E-state index contributed by atoms with van der Waals surface area (Å²) in [7, 11) is 1.32. The Labute approximate surface area is 288 Å². The van der Waals surface area contributed by atoms with E-state index < -0.39 is 24.2 Å². The number of ether oxygens (including phenoxy) is 4. The SMILES string of the molecule is CC[C@H](C)[C@@H](CN(CC(=O)N[C@@H](CCSC)C(=O)OC)Cc1cccc2ccccc12)NC(=O)O[C@@H]1COC[C@@H]1OCc1ccccc1. The fourth-order valence-electron chi connectivity index (χ4n) is 5.74. The molecule has 260 valence electrons. The Morgan fingerprint density at radius 3 is 2.46 bits per heavy atom. The molecule has 48 heavy (non-hydrogen) atoms. The number of nitrogens with one attached hydrogen (secondary N) is 2. The molecule has 10 nitrogen and oxygen atoms in total. The van der Waals surface area contributed by atoms with E-state index in [4.69, 9.17) is 18.9 Å². The van der Waals surface area contributed by atoms with E-state index in [1.54, 1.807) is 11.8 Å². The van der Waals surface area contributed by atoms with Gasteiger partial charge in [0.25, 0.3) is 0 Å². The maximum Gasteiger partial charge on any atom is 0.407 e. The maximum absolute atomic E-state index is 13.5.